The van der Waals surface area contributed by atoms with Crippen LogP contribution in [0.5, 0.6) is 0 Å². The molecule has 0 aromatic heterocycles. The Labute approximate surface area is 171 Å². The smallest absolute Gasteiger partial charge is 0.247 e. The minimum absolute atomic E-state index is 0.0932. The van der Waals surface area contributed by atoms with E-state index in [-0.39, 0.29) is 5.91 Å². The summed E-state index contributed by atoms with van der Waals surface area (Å²) in [5.74, 6) is 0.0932. The highest BCUT2D eigenvalue weighted by molar-refractivity contribution is 5.98. The SMILES string of the molecule is O=C1C=C(c2ccccc2N2CN2c2ccccc2)CCN1Cc1ccccc1. The molecular formula is C25H23N3O. The molecule has 0 aliphatic carbocycles. The summed E-state index contributed by atoms with van der Waals surface area (Å²) in [4.78, 5) is 14.7. The van der Waals surface area contributed by atoms with Crippen LogP contribution < -0.4 is 10.0 Å². The van der Waals surface area contributed by atoms with Gasteiger partial charge in [-0.05, 0) is 35.8 Å². The average Bonchev–Trinajstić information content (AvgIpc) is 3.57. The number of amides is 1. The van der Waals surface area contributed by atoms with Crippen molar-refractivity contribution in [3.05, 3.63) is 102 Å². The first-order valence-corrected chi connectivity index (χ1v) is 10.0. The molecule has 2 heterocycles. The zero-order valence-corrected chi connectivity index (χ0v) is 16.2. The molecule has 0 atom stereocenters. The largest absolute Gasteiger partial charge is 0.334 e. The zero-order chi connectivity index (χ0) is 19.6. The fourth-order valence-electron chi connectivity index (χ4n) is 3.95. The summed E-state index contributed by atoms with van der Waals surface area (Å²) in [7, 11) is 0. The number of para-hydroxylation sites is 2. The van der Waals surface area contributed by atoms with Crippen LogP contribution in [0.2, 0.25) is 0 Å². The summed E-state index contributed by atoms with van der Waals surface area (Å²) < 4.78 is 0. The molecule has 0 unspecified atom stereocenters. The lowest BCUT2D eigenvalue weighted by atomic mass is 9.97. The highest BCUT2D eigenvalue weighted by atomic mass is 16.2. The number of carbonyl (C=O) groups is 1. The van der Waals surface area contributed by atoms with E-state index in [1.54, 1.807) is 0 Å². The number of carbonyl (C=O) groups excluding carboxylic acids is 1. The average molecular weight is 381 g/mol. The Morgan fingerprint density at radius 1 is 0.759 bits per heavy atom. The molecule has 4 nitrogen and oxygen atoms in total. The van der Waals surface area contributed by atoms with E-state index in [4.69, 9.17) is 0 Å². The predicted octanol–water partition coefficient (Wildman–Crippen LogP) is 4.70. The van der Waals surface area contributed by atoms with Gasteiger partial charge in [0.25, 0.3) is 0 Å². The van der Waals surface area contributed by atoms with Gasteiger partial charge in [0.1, 0.15) is 6.67 Å². The van der Waals surface area contributed by atoms with Gasteiger partial charge in [-0.1, -0.05) is 66.7 Å². The van der Waals surface area contributed by atoms with Crippen molar-refractivity contribution >= 4 is 22.9 Å². The normalized spacial score (nSPS) is 16.1. The van der Waals surface area contributed by atoms with Crippen molar-refractivity contribution in [1.29, 1.82) is 0 Å². The van der Waals surface area contributed by atoms with Crippen molar-refractivity contribution in [3.8, 4) is 0 Å². The van der Waals surface area contributed by atoms with Crippen LogP contribution in [0.1, 0.15) is 17.5 Å². The van der Waals surface area contributed by atoms with Crippen LogP contribution in [0.3, 0.4) is 0 Å². The van der Waals surface area contributed by atoms with E-state index in [1.807, 2.05) is 35.2 Å². The van der Waals surface area contributed by atoms with Gasteiger partial charge in [0.2, 0.25) is 5.91 Å². The van der Waals surface area contributed by atoms with Gasteiger partial charge in [-0.3, -0.25) is 14.8 Å². The van der Waals surface area contributed by atoms with Crippen LogP contribution in [-0.2, 0) is 11.3 Å². The second kappa shape index (κ2) is 7.47. The molecule has 144 valence electrons. The monoisotopic (exact) mass is 381 g/mol. The third-order valence-corrected chi connectivity index (χ3v) is 5.53. The van der Waals surface area contributed by atoms with Crippen LogP contribution in [0.4, 0.5) is 11.4 Å². The minimum Gasteiger partial charge on any atom is -0.334 e. The summed E-state index contributed by atoms with van der Waals surface area (Å²) in [5.41, 5.74) is 5.78. The summed E-state index contributed by atoms with van der Waals surface area (Å²) in [6.07, 6.45) is 2.69. The van der Waals surface area contributed by atoms with Crippen molar-refractivity contribution in [3.63, 3.8) is 0 Å². The number of benzene rings is 3. The molecule has 1 amide bonds. The van der Waals surface area contributed by atoms with Gasteiger partial charge in [-0.25, -0.2) is 0 Å². The van der Waals surface area contributed by atoms with Crippen molar-refractivity contribution in [2.24, 2.45) is 0 Å². The van der Waals surface area contributed by atoms with Crippen LogP contribution in [0.15, 0.2) is 91.0 Å². The number of hydrazine groups is 1. The van der Waals surface area contributed by atoms with Gasteiger partial charge >= 0.3 is 0 Å². The topological polar surface area (TPSA) is 26.3 Å². The zero-order valence-electron chi connectivity index (χ0n) is 16.2. The van der Waals surface area contributed by atoms with Crippen LogP contribution in [0, 0.1) is 0 Å². The molecule has 5 rings (SSSR count). The van der Waals surface area contributed by atoms with Crippen molar-refractivity contribution in [2.75, 3.05) is 23.2 Å². The van der Waals surface area contributed by atoms with Crippen molar-refractivity contribution in [2.45, 2.75) is 13.0 Å². The number of hydrogen-bond donors (Lipinski definition) is 0. The molecule has 1 fully saturated rings. The standard InChI is InChI=1S/C25H23N3O/c29-25-17-21(15-16-26(25)18-20-9-3-1-4-10-20)23-13-7-8-14-24(23)28-19-27(28)22-11-5-2-6-12-22/h1-14,17H,15-16,18-19H2. The first-order valence-electron chi connectivity index (χ1n) is 10.0. The van der Waals surface area contributed by atoms with Gasteiger partial charge in [0.15, 0.2) is 0 Å². The molecule has 0 radical (unpaired) electrons. The van der Waals surface area contributed by atoms with E-state index in [2.05, 4.69) is 70.7 Å². The summed E-state index contributed by atoms with van der Waals surface area (Å²) in [5, 5.41) is 4.50. The highest BCUT2D eigenvalue weighted by Crippen LogP contribution is 2.38. The summed E-state index contributed by atoms with van der Waals surface area (Å²) >= 11 is 0. The molecule has 2 aliphatic heterocycles. The maximum atomic E-state index is 12.8. The van der Waals surface area contributed by atoms with E-state index >= 15 is 0 Å². The van der Waals surface area contributed by atoms with E-state index < -0.39 is 0 Å². The molecular weight excluding hydrogens is 358 g/mol. The summed E-state index contributed by atoms with van der Waals surface area (Å²) in [6, 6.07) is 28.9. The Kier molecular flexibility index (Phi) is 4.53. The van der Waals surface area contributed by atoms with Crippen molar-refractivity contribution < 1.29 is 4.79 Å². The Hall–Kier alpha value is -3.53. The Morgan fingerprint density at radius 3 is 2.21 bits per heavy atom. The van der Waals surface area contributed by atoms with Crippen molar-refractivity contribution in [1.82, 2.24) is 4.90 Å². The van der Waals surface area contributed by atoms with Gasteiger partial charge in [0.05, 0.1) is 11.4 Å². The Balaban J connectivity index is 1.36. The summed E-state index contributed by atoms with van der Waals surface area (Å²) in [6.45, 7) is 2.28. The van der Waals surface area contributed by atoms with Gasteiger partial charge in [0, 0.05) is 24.7 Å². The fourth-order valence-corrected chi connectivity index (χ4v) is 3.95. The number of rotatable bonds is 5. The van der Waals surface area contributed by atoms with Gasteiger partial charge in [-0.15, -0.1) is 0 Å². The van der Waals surface area contributed by atoms with E-state index in [0.717, 1.165) is 36.5 Å². The van der Waals surface area contributed by atoms with Crippen LogP contribution >= 0.6 is 0 Å². The van der Waals surface area contributed by atoms with Gasteiger partial charge < -0.3 is 4.90 Å². The van der Waals surface area contributed by atoms with E-state index in [0.29, 0.717) is 6.54 Å². The Morgan fingerprint density at radius 2 is 1.45 bits per heavy atom. The third kappa shape index (κ3) is 3.61. The third-order valence-electron chi connectivity index (χ3n) is 5.53. The number of hydrogen-bond acceptors (Lipinski definition) is 3. The van der Waals surface area contributed by atoms with E-state index in [1.165, 1.54) is 11.3 Å². The quantitative estimate of drug-likeness (QED) is 0.599. The molecule has 29 heavy (non-hydrogen) atoms. The number of nitrogens with zero attached hydrogens (tertiary/aromatic N) is 3. The molecule has 3 aromatic carbocycles. The number of anilines is 2. The molecule has 2 aliphatic rings. The maximum Gasteiger partial charge on any atom is 0.247 e. The lowest BCUT2D eigenvalue weighted by Gasteiger charge is -2.27. The minimum atomic E-state index is 0.0932. The van der Waals surface area contributed by atoms with Crippen LogP contribution in [0.25, 0.3) is 5.57 Å². The fraction of sp³-hybridized carbons (Fsp3) is 0.160. The Bertz CT molecular complexity index is 1050. The molecule has 0 spiro atoms. The molecule has 0 bridgehead atoms. The lowest BCUT2D eigenvalue weighted by molar-refractivity contribution is -0.126. The first kappa shape index (κ1) is 17.6. The highest BCUT2D eigenvalue weighted by Gasteiger charge is 2.34. The van der Waals surface area contributed by atoms with E-state index in [9.17, 15) is 4.79 Å². The van der Waals surface area contributed by atoms with Crippen LogP contribution in [-0.4, -0.2) is 24.0 Å². The lowest BCUT2D eigenvalue weighted by Crippen LogP contribution is -2.33. The molecule has 1 saturated heterocycles. The molecule has 0 saturated carbocycles. The first-order chi connectivity index (χ1) is 14.3. The molecule has 3 aromatic rings. The maximum absolute atomic E-state index is 12.8. The molecule has 0 N–H and O–H groups in total. The van der Waals surface area contributed by atoms with Gasteiger partial charge in [-0.2, -0.15) is 0 Å². The predicted molar refractivity (Wildman–Crippen MR) is 117 cm³/mol. The molecule has 4 heteroatoms. The second-order valence-electron chi connectivity index (χ2n) is 7.46. The second-order valence-corrected chi connectivity index (χ2v) is 7.46.